The summed E-state index contributed by atoms with van der Waals surface area (Å²) in [4.78, 5) is 6.14. The van der Waals surface area contributed by atoms with Crippen molar-refractivity contribution in [1.82, 2.24) is 5.06 Å². The third kappa shape index (κ3) is 2.58. The zero-order valence-electron chi connectivity index (χ0n) is 15.2. The van der Waals surface area contributed by atoms with Crippen molar-refractivity contribution < 1.29 is 4.84 Å². The van der Waals surface area contributed by atoms with Gasteiger partial charge in [-0.25, -0.2) is 0 Å². The third-order valence-electron chi connectivity index (χ3n) is 6.08. The van der Waals surface area contributed by atoms with E-state index in [2.05, 4.69) is 58.9 Å². The molecule has 0 spiro atoms. The molecule has 1 saturated heterocycles. The molecule has 3 heteroatoms. The van der Waals surface area contributed by atoms with Gasteiger partial charge in [-0.3, -0.25) is 4.84 Å². The van der Waals surface area contributed by atoms with Gasteiger partial charge in [-0.15, -0.1) is 0 Å². The summed E-state index contributed by atoms with van der Waals surface area (Å²) in [7, 11) is 2.07. The van der Waals surface area contributed by atoms with Gasteiger partial charge >= 0.3 is 0 Å². The van der Waals surface area contributed by atoms with E-state index < -0.39 is 0 Å². The SMILES string of the molecule is Cc1ccc(C#N)c([C@@]2(C)C[C@@H]3[C@@H]([C@@H](C)C2)N(C)OC3(C)C)c1. The van der Waals surface area contributed by atoms with Gasteiger partial charge < -0.3 is 0 Å². The topological polar surface area (TPSA) is 36.3 Å². The lowest BCUT2D eigenvalue weighted by Crippen LogP contribution is -2.48. The highest BCUT2D eigenvalue weighted by Crippen LogP contribution is 2.53. The number of fused-ring (bicyclic) bond motifs is 1. The molecule has 0 N–H and O–H groups in total. The lowest BCUT2D eigenvalue weighted by atomic mass is 9.58. The fourth-order valence-corrected chi connectivity index (χ4v) is 5.16. The Balaban J connectivity index is 2.05. The van der Waals surface area contributed by atoms with Crippen LogP contribution in [0.3, 0.4) is 0 Å². The van der Waals surface area contributed by atoms with Crippen LogP contribution >= 0.6 is 0 Å². The van der Waals surface area contributed by atoms with Gasteiger partial charge in [-0.1, -0.05) is 31.5 Å². The molecule has 3 nitrogen and oxygen atoms in total. The van der Waals surface area contributed by atoms with Crippen molar-refractivity contribution in [2.75, 3.05) is 7.05 Å². The highest BCUT2D eigenvalue weighted by Gasteiger charge is 2.55. The van der Waals surface area contributed by atoms with Crippen molar-refractivity contribution >= 4 is 0 Å². The molecule has 0 unspecified atom stereocenters. The van der Waals surface area contributed by atoms with Gasteiger partial charge in [0.1, 0.15) is 0 Å². The van der Waals surface area contributed by atoms with Crippen LogP contribution in [0.1, 0.15) is 57.2 Å². The van der Waals surface area contributed by atoms with Crippen LogP contribution in [-0.2, 0) is 10.3 Å². The minimum Gasteiger partial charge on any atom is -0.293 e. The molecule has 1 aromatic rings. The zero-order chi connectivity index (χ0) is 17.0. The number of aryl methyl sites for hydroxylation is 1. The van der Waals surface area contributed by atoms with Crippen LogP contribution in [0.2, 0.25) is 0 Å². The molecular formula is C20H28N2O. The summed E-state index contributed by atoms with van der Waals surface area (Å²) in [6, 6.07) is 9.11. The van der Waals surface area contributed by atoms with E-state index in [0.717, 1.165) is 18.4 Å². The number of benzene rings is 1. The second-order valence-electron chi connectivity index (χ2n) is 8.45. The summed E-state index contributed by atoms with van der Waals surface area (Å²) in [5, 5.41) is 11.6. The Kier molecular flexibility index (Phi) is 3.82. The van der Waals surface area contributed by atoms with E-state index in [0.29, 0.717) is 17.9 Å². The maximum absolute atomic E-state index is 9.57. The average molecular weight is 312 g/mol. The van der Waals surface area contributed by atoms with Crippen molar-refractivity contribution in [2.24, 2.45) is 11.8 Å². The normalized spacial score (nSPS) is 36.5. The number of hydroxylamine groups is 2. The molecule has 1 heterocycles. The lowest BCUT2D eigenvalue weighted by molar-refractivity contribution is -0.182. The largest absolute Gasteiger partial charge is 0.293 e. The van der Waals surface area contributed by atoms with Crippen LogP contribution in [0.15, 0.2) is 18.2 Å². The second kappa shape index (κ2) is 5.33. The summed E-state index contributed by atoms with van der Waals surface area (Å²) in [6.45, 7) is 11.2. The molecule has 2 aliphatic rings. The summed E-state index contributed by atoms with van der Waals surface area (Å²) >= 11 is 0. The predicted octanol–water partition coefficient (Wildman–Crippen LogP) is 4.19. The lowest BCUT2D eigenvalue weighted by Gasteiger charge is -2.46. The van der Waals surface area contributed by atoms with Crippen LogP contribution in [0, 0.1) is 30.1 Å². The van der Waals surface area contributed by atoms with Gasteiger partial charge in [-0.05, 0) is 56.6 Å². The van der Waals surface area contributed by atoms with Gasteiger partial charge in [0.25, 0.3) is 0 Å². The van der Waals surface area contributed by atoms with Crippen LogP contribution < -0.4 is 0 Å². The fraction of sp³-hybridized carbons (Fsp3) is 0.650. The highest BCUT2D eigenvalue weighted by atomic mass is 16.7. The molecule has 1 aliphatic heterocycles. The van der Waals surface area contributed by atoms with Crippen LogP contribution in [0.4, 0.5) is 0 Å². The fourth-order valence-electron chi connectivity index (χ4n) is 5.16. The Hall–Kier alpha value is -1.37. The Bertz CT molecular complexity index is 660. The molecular weight excluding hydrogens is 284 g/mol. The summed E-state index contributed by atoms with van der Waals surface area (Å²) in [5.74, 6) is 1.02. The van der Waals surface area contributed by atoms with Gasteiger partial charge in [0.2, 0.25) is 0 Å². The van der Waals surface area contributed by atoms with E-state index in [-0.39, 0.29) is 11.0 Å². The van der Waals surface area contributed by atoms with Gasteiger partial charge in [0, 0.05) is 19.0 Å². The van der Waals surface area contributed by atoms with Gasteiger partial charge in [-0.2, -0.15) is 10.3 Å². The summed E-state index contributed by atoms with van der Waals surface area (Å²) in [5.41, 5.74) is 3.16. The molecule has 0 amide bonds. The minimum absolute atomic E-state index is 0.0312. The van der Waals surface area contributed by atoms with Crippen molar-refractivity contribution in [3.63, 3.8) is 0 Å². The molecule has 0 bridgehead atoms. The van der Waals surface area contributed by atoms with Crippen molar-refractivity contribution in [2.45, 2.75) is 64.5 Å². The van der Waals surface area contributed by atoms with E-state index in [1.54, 1.807) is 0 Å². The molecule has 1 aromatic carbocycles. The Labute approximate surface area is 140 Å². The first kappa shape index (κ1) is 16.5. The van der Waals surface area contributed by atoms with E-state index in [4.69, 9.17) is 4.84 Å². The maximum Gasteiger partial charge on any atom is 0.0994 e. The number of rotatable bonds is 1. The van der Waals surface area contributed by atoms with E-state index in [1.807, 2.05) is 12.1 Å². The number of nitriles is 1. The number of hydrogen-bond acceptors (Lipinski definition) is 3. The van der Waals surface area contributed by atoms with Crippen molar-refractivity contribution in [3.05, 3.63) is 34.9 Å². The van der Waals surface area contributed by atoms with E-state index in [9.17, 15) is 5.26 Å². The standard InChI is InChI=1S/C20H28N2O/c1-13-7-8-15(12-21)16(9-13)20(5)10-14(2)18-17(11-20)19(3,4)23-22(18)6/h7-9,14,17-18H,10-11H2,1-6H3/t14-,17+,18+,20+/m0/s1. The minimum atomic E-state index is -0.147. The molecule has 0 aromatic heterocycles. The monoisotopic (exact) mass is 312 g/mol. The molecule has 124 valence electrons. The second-order valence-corrected chi connectivity index (χ2v) is 8.45. The number of hydrogen-bond donors (Lipinski definition) is 0. The molecule has 3 rings (SSSR count). The zero-order valence-corrected chi connectivity index (χ0v) is 15.2. The Morgan fingerprint density at radius 3 is 2.61 bits per heavy atom. The first-order valence-corrected chi connectivity index (χ1v) is 8.61. The van der Waals surface area contributed by atoms with Crippen LogP contribution in [-0.4, -0.2) is 23.8 Å². The van der Waals surface area contributed by atoms with Crippen molar-refractivity contribution in [1.29, 1.82) is 5.26 Å². The quantitative estimate of drug-likeness (QED) is 0.780. The molecule has 1 aliphatic carbocycles. The van der Waals surface area contributed by atoms with Crippen molar-refractivity contribution in [3.8, 4) is 6.07 Å². The first-order chi connectivity index (χ1) is 10.7. The predicted molar refractivity (Wildman–Crippen MR) is 91.8 cm³/mol. The molecule has 1 saturated carbocycles. The smallest absolute Gasteiger partial charge is 0.0994 e. The van der Waals surface area contributed by atoms with Gasteiger partial charge in [0.05, 0.1) is 17.2 Å². The molecule has 2 fully saturated rings. The Morgan fingerprint density at radius 2 is 1.96 bits per heavy atom. The molecule has 0 radical (unpaired) electrons. The molecule has 23 heavy (non-hydrogen) atoms. The Morgan fingerprint density at radius 1 is 1.26 bits per heavy atom. The van der Waals surface area contributed by atoms with Crippen LogP contribution in [0.25, 0.3) is 0 Å². The number of nitrogens with zero attached hydrogens (tertiary/aromatic N) is 2. The van der Waals surface area contributed by atoms with Crippen LogP contribution in [0.5, 0.6) is 0 Å². The molecule has 4 atom stereocenters. The van der Waals surface area contributed by atoms with Gasteiger partial charge in [0.15, 0.2) is 0 Å². The maximum atomic E-state index is 9.57. The summed E-state index contributed by atoms with van der Waals surface area (Å²) < 4.78 is 0. The highest BCUT2D eigenvalue weighted by molar-refractivity contribution is 5.45. The first-order valence-electron chi connectivity index (χ1n) is 8.61. The third-order valence-corrected chi connectivity index (χ3v) is 6.08. The average Bonchev–Trinajstić information content (AvgIpc) is 2.68. The summed E-state index contributed by atoms with van der Waals surface area (Å²) in [6.07, 6.45) is 2.16. The van der Waals surface area contributed by atoms with E-state index >= 15 is 0 Å². The van der Waals surface area contributed by atoms with E-state index in [1.165, 1.54) is 11.1 Å².